The monoisotopic (exact) mass is 463 g/mol. The lowest BCUT2D eigenvalue weighted by molar-refractivity contribution is -0.117. The van der Waals surface area contributed by atoms with Crippen LogP contribution in [0.5, 0.6) is 0 Å². The summed E-state index contributed by atoms with van der Waals surface area (Å²) in [6, 6.07) is 7.32. The highest BCUT2D eigenvalue weighted by Crippen LogP contribution is 2.30. The number of carbonyl (C=O) groups excluding carboxylic acids is 1. The van der Waals surface area contributed by atoms with Gasteiger partial charge in [-0.1, -0.05) is 5.16 Å². The predicted octanol–water partition coefficient (Wildman–Crippen LogP) is 1.86. The number of aliphatic hydroxyl groups excluding tert-OH is 1. The zero-order valence-electron chi connectivity index (χ0n) is 17.1. The molecule has 5 aromatic rings. The van der Waals surface area contributed by atoms with Crippen molar-refractivity contribution in [2.45, 2.75) is 29.4 Å². The molecule has 1 fully saturated rings. The van der Waals surface area contributed by atoms with E-state index in [0.717, 1.165) is 18.4 Å². The van der Waals surface area contributed by atoms with Crippen LogP contribution in [-0.4, -0.2) is 57.0 Å². The van der Waals surface area contributed by atoms with Crippen molar-refractivity contribution in [1.82, 2.24) is 39.3 Å². The Morgan fingerprint density at radius 3 is 2.88 bits per heavy atom. The molecule has 13 heteroatoms. The molecule has 0 spiro atoms. The van der Waals surface area contributed by atoms with Gasteiger partial charge in [0.25, 0.3) is 0 Å². The molecule has 1 aliphatic rings. The molecular formula is C20H17N9O3S. The predicted molar refractivity (Wildman–Crippen MR) is 116 cm³/mol. The van der Waals surface area contributed by atoms with Crippen molar-refractivity contribution < 1.29 is 14.4 Å². The number of nitrogens with zero attached hydrogens (tertiary/aromatic N) is 8. The van der Waals surface area contributed by atoms with Gasteiger partial charge in [0.05, 0.1) is 19.2 Å². The molecule has 2 N–H and O–H groups in total. The molecule has 0 aromatic carbocycles. The molecule has 33 heavy (non-hydrogen) atoms. The van der Waals surface area contributed by atoms with E-state index in [4.69, 9.17) is 9.63 Å². The summed E-state index contributed by atoms with van der Waals surface area (Å²) in [5, 5.41) is 30.2. The number of hydrogen-bond acceptors (Lipinski definition) is 10. The number of imidazole rings is 1. The number of anilines is 1. The van der Waals surface area contributed by atoms with Crippen LogP contribution in [0.2, 0.25) is 0 Å². The van der Waals surface area contributed by atoms with Crippen LogP contribution >= 0.6 is 11.8 Å². The molecule has 0 unspecified atom stereocenters. The van der Waals surface area contributed by atoms with Crippen molar-refractivity contribution >= 4 is 34.8 Å². The first-order valence-electron chi connectivity index (χ1n) is 10.3. The van der Waals surface area contributed by atoms with Gasteiger partial charge < -0.3 is 14.9 Å². The minimum absolute atomic E-state index is 0.00354. The van der Waals surface area contributed by atoms with Gasteiger partial charge in [0, 0.05) is 17.7 Å². The second kappa shape index (κ2) is 7.94. The van der Waals surface area contributed by atoms with Gasteiger partial charge in [-0.15, -0.1) is 10.2 Å². The maximum absolute atomic E-state index is 12.0. The number of amides is 1. The Morgan fingerprint density at radius 2 is 2.03 bits per heavy atom. The maximum atomic E-state index is 12.0. The fourth-order valence-corrected chi connectivity index (χ4v) is 4.07. The fourth-order valence-electron chi connectivity index (χ4n) is 3.29. The third-order valence-corrected chi connectivity index (χ3v) is 6.00. The molecule has 1 amide bonds. The van der Waals surface area contributed by atoms with E-state index in [2.05, 4.69) is 35.7 Å². The highest BCUT2D eigenvalue weighted by molar-refractivity contribution is 7.99. The van der Waals surface area contributed by atoms with Crippen LogP contribution in [-0.2, 0) is 11.2 Å². The third-order valence-electron chi connectivity index (χ3n) is 5.11. The summed E-state index contributed by atoms with van der Waals surface area (Å²) in [4.78, 5) is 20.7. The summed E-state index contributed by atoms with van der Waals surface area (Å²) in [5.41, 5.74) is 2.02. The van der Waals surface area contributed by atoms with E-state index in [1.54, 1.807) is 10.7 Å². The van der Waals surface area contributed by atoms with Gasteiger partial charge in [0.2, 0.25) is 22.8 Å². The second-order valence-electron chi connectivity index (χ2n) is 7.58. The summed E-state index contributed by atoms with van der Waals surface area (Å²) < 4.78 is 8.60. The van der Waals surface area contributed by atoms with Crippen molar-refractivity contribution in [2.24, 2.45) is 5.92 Å². The van der Waals surface area contributed by atoms with Gasteiger partial charge in [0.1, 0.15) is 5.03 Å². The van der Waals surface area contributed by atoms with E-state index >= 15 is 0 Å². The van der Waals surface area contributed by atoms with Crippen molar-refractivity contribution in [3.63, 3.8) is 0 Å². The molecule has 0 atom stereocenters. The summed E-state index contributed by atoms with van der Waals surface area (Å²) in [6.07, 6.45) is 5.69. The van der Waals surface area contributed by atoms with Gasteiger partial charge in [-0.25, -0.2) is 9.50 Å². The number of hydrogen-bond donors (Lipinski definition) is 2. The lowest BCUT2D eigenvalue weighted by Gasteiger charge is -2.01. The zero-order valence-corrected chi connectivity index (χ0v) is 17.9. The summed E-state index contributed by atoms with van der Waals surface area (Å²) in [7, 11) is 0. The van der Waals surface area contributed by atoms with Gasteiger partial charge in [-0.05, 0) is 48.9 Å². The number of nitrogens with one attached hydrogen (secondary N) is 1. The van der Waals surface area contributed by atoms with E-state index in [1.807, 2.05) is 34.9 Å². The van der Waals surface area contributed by atoms with E-state index in [-0.39, 0.29) is 18.4 Å². The Balaban J connectivity index is 1.26. The number of pyridine rings is 1. The SMILES string of the molecule is O=C(Nc1cn2nc(Sc3nnc4ccc(-c5noc(CCO)n5)cn34)ccc2n1)C1CC1. The number of fused-ring (bicyclic) bond motifs is 2. The highest BCUT2D eigenvalue weighted by Gasteiger charge is 2.30. The molecule has 6 rings (SSSR count). The number of aromatic nitrogens is 8. The molecule has 0 bridgehead atoms. The average Bonchev–Trinajstić information content (AvgIpc) is 3.25. The van der Waals surface area contributed by atoms with Gasteiger partial charge in [-0.3, -0.25) is 9.20 Å². The second-order valence-corrected chi connectivity index (χ2v) is 8.57. The number of aliphatic hydroxyl groups is 1. The highest BCUT2D eigenvalue weighted by atomic mass is 32.2. The Hall–Kier alpha value is -3.84. The smallest absolute Gasteiger partial charge is 0.229 e. The van der Waals surface area contributed by atoms with Crippen LogP contribution in [0.4, 0.5) is 5.82 Å². The topological polar surface area (TPSA) is 149 Å². The summed E-state index contributed by atoms with van der Waals surface area (Å²) >= 11 is 1.34. The Labute approximate surface area is 190 Å². The quantitative estimate of drug-likeness (QED) is 0.366. The number of rotatable bonds is 7. The lowest BCUT2D eigenvalue weighted by Crippen LogP contribution is -2.13. The first-order valence-corrected chi connectivity index (χ1v) is 11.1. The minimum Gasteiger partial charge on any atom is -0.396 e. The number of carbonyl (C=O) groups is 1. The van der Waals surface area contributed by atoms with Crippen molar-refractivity contribution in [2.75, 3.05) is 11.9 Å². The Bertz CT molecular complexity index is 1490. The molecule has 0 saturated heterocycles. The van der Waals surface area contributed by atoms with Crippen molar-refractivity contribution in [3.05, 3.63) is 42.5 Å². The molecule has 12 nitrogen and oxygen atoms in total. The van der Waals surface area contributed by atoms with Crippen LogP contribution in [0.3, 0.4) is 0 Å². The minimum atomic E-state index is -0.0600. The summed E-state index contributed by atoms with van der Waals surface area (Å²) in [5.74, 6) is 1.39. The Morgan fingerprint density at radius 1 is 1.15 bits per heavy atom. The molecule has 5 aromatic heterocycles. The molecule has 0 radical (unpaired) electrons. The van der Waals surface area contributed by atoms with Gasteiger partial charge >= 0.3 is 0 Å². The zero-order chi connectivity index (χ0) is 22.4. The van der Waals surface area contributed by atoms with Gasteiger partial charge in [-0.2, -0.15) is 10.1 Å². The summed E-state index contributed by atoms with van der Waals surface area (Å²) in [6.45, 7) is -0.0600. The van der Waals surface area contributed by atoms with Crippen LogP contribution in [0.1, 0.15) is 18.7 Å². The molecule has 1 saturated carbocycles. The molecule has 5 heterocycles. The maximum Gasteiger partial charge on any atom is 0.229 e. The van der Waals surface area contributed by atoms with Crippen molar-refractivity contribution in [3.8, 4) is 11.4 Å². The van der Waals surface area contributed by atoms with E-state index in [0.29, 0.717) is 45.4 Å². The van der Waals surface area contributed by atoms with Crippen LogP contribution in [0.15, 0.2) is 51.4 Å². The third kappa shape index (κ3) is 3.91. The Kier molecular flexibility index (Phi) is 4.77. The van der Waals surface area contributed by atoms with Crippen LogP contribution in [0, 0.1) is 5.92 Å². The van der Waals surface area contributed by atoms with E-state index < -0.39 is 0 Å². The average molecular weight is 463 g/mol. The van der Waals surface area contributed by atoms with Gasteiger partial charge in [0.15, 0.2) is 17.1 Å². The molecule has 166 valence electrons. The van der Waals surface area contributed by atoms with Crippen LogP contribution in [0.25, 0.3) is 22.7 Å². The molecule has 1 aliphatic carbocycles. The van der Waals surface area contributed by atoms with E-state index in [1.165, 1.54) is 11.8 Å². The van der Waals surface area contributed by atoms with Crippen molar-refractivity contribution in [1.29, 1.82) is 0 Å². The van der Waals surface area contributed by atoms with E-state index in [9.17, 15) is 4.79 Å². The first kappa shape index (κ1) is 19.8. The largest absolute Gasteiger partial charge is 0.396 e. The molecule has 0 aliphatic heterocycles. The van der Waals surface area contributed by atoms with Crippen LogP contribution < -0.4 is 5.32 Å². The lowest BCUT2D eigenvalue weighted by atomic mass is 10.2. The molecular weight excluding hydrogens is 446 g/mol. The first-order chi connectivity index (χ1) is 16.2. The normalized spacial score (nSPS) is 13.7. The standard InChI is InChI=1S/C20H17N9O3S/c30-8-7-16-23-18(27-32-16)12-3-4-15-24-25-20(28(15)9-12)33-17-6-5-14-21-13(10-29(14)26-17)22-19(31)11-1-2-11/h3-6,9-11,30H,1-2,7-8H2,(H,22,31). The fraction of sp³-hybridized carbons (Fsp3) is 0.250.